The third-order valence-electron chi connectivity index (χ3n) is 4.96. The van der Waals surface area contributed by atoms with E-state index in [0.717, 1.165) is 56.0 Å². The fourth-order valence-electron chi connectivity index (χ4n) is 3.54. The molecule has 0 bridgehead atoms. The van der Waals surface area contributed by atoms with Gasteiger partial charge in [0.05, 0.1) is 11.6 Å². The molecule has 2 aromatic heterocycles. The lowest BCUT2D eigenvalue weighted by Gasteiger charge is -2.35. The second-order valence-corrected chi connectivity index (χ2v) is 6.62. The number of fused-ring (bicyclic) bond motifs is 1. The lowest BCUT2D eigenvalue weighted by atomic mass is 10.1. The molecular formula is C19H24N6. The van der Waals surface area contributed by atoms with Gasteiger partial charge in [-0.1, -0.05) is 30.3 Å². The van der Waals surface area contributed by atoms with Gasteiger partial charge < -0.3 is 4.90 Å². The van der Waals surface area contributed by atoms with Crippen LogP contribution in [0.25, 0.3) is 11.0 Å². The van der Waals surface area contributed by atoms with Crippen LogP contribution in [-0.2, 0) is 13.5 Å². The summed E-state index contributed by atoms with van der Waals surface area (Å²) >= 11 is 0. The van der Waals surface area contributed by atoms with Crippen molar-refractivity contribution in [1.29, 1.82) is 0 Å². The predicted octanol–water partition coefficient (Wildman–Crippen LogP) is 2.12. The van der Waals surface area contributed by atoms with Gasteiger partial charge in [0, 0.05) is 33.2 Å². The number of aromatic nitrogens is 4. The smallest absolute Gasteiger partial charge is 0.163 e. The fourth-order valence-corrected chi connectivity index (χ4v) is 3.54. The lowest BCUT2D eigenvalue weighted by molar-refractivity contribution is 0.254. The molecule has 1 fully saturated rings. The molecule has 3 heterocycles. The number of hydrogen-bond acceptors (Lipinski definition) is 5. The van der Waals surface area contributed by atoms with Crippen LogP contribution in [-0.4, -0.2) is 57.4 Å². The SMILES string of the molecule is Cn1ncc2c(N3CCN(CCCc4ccccc4)CC3)ncnc21. The van der Waals surface area contributed by atoms with E-state index in [1.54, 1.807) is 11.0 Å². The number of aryl methyl sites for hydroxylation is 2. The molecule has 25 heavy (non-hydrogen) atoms. The van der Waals surface area contributed by atoms with E-state index >= 15 is 0 Å². The second-order valence-electron chi connectivity index (χ2n) is 6.62. The highest BCUT2D eigenvalue weighted by Crippen LogP contribution is 2.23. The van der Waals surface area contributed by atoms with Crippen LogP contribution in [0.4, 0.5) is 5.82 Å². The van der Waals surface area contributed by atoms with Gasteiger partial charge in [0.2, 0.25) is 0 Å². The van der Waals surface area contributed by atoms with E-state index in [-0.39, 0.29) is 0 Å². The molecule has 130 valence electrons. The van der Waals surface area contributed by atoms with Crippen LogP contribution < -0.4 is 4.90 Å². The number of rotatable bonds is 5. The highest BCUT2D eigenvalue weighted by molar-refractivity contribution is 5.86. The molecule has 0 spiro atoms. The van der Waals surface area contributed by atoms with E-state index in [2.05, 4.69) is 55.2 Å². The molecule has 0 aliphatic carbocycles. The van der Waals surface area contributed by atoms with Gasteiger partial charge >= 0.3 is 0 Å². The molecule has 0 atom stereocenters. The van der Waals surface area contributed by atoms with Gasteiger partial charge in [-0.25, -0.2) is 9.97 Å². The highest BCUT2D eigenvalue weighted by atomic mass is 15.3. The van der Waals surface area contributed by atoms with E-state index in [1.807, 2.05) is 13.2 Å². The summed E-state index contributed by atoms with van der Waals surface area (Å²) in [6.45, 7) is 5.34. The standard InChI is InChI=1S/C19H24N6/c1-23-18-17(14-22-23)19(21-15-20-18)25-12-10-24(11-13-25)9-5-8-16-6-3-2-4-7-16/h2-4,6-7,14-15H,5,8-13H2,1H3. The molecule has 1 aliphatic heterocycles. The topological polar surface area (TPSA) is 50.1 Å². The monoisotopic (exact) mass is 336 g/mol. The molecule has 0 radical (unpaired) electrons. The average molecular weight is 336 g/mol. The summed E-state index contributed by atoms with van der Waals surface area (Å²) in [5, 5.41) is 5.36. The first kappa shape index (κ1) is 16.0. The summed E-state index contributed by atoms with van der Waals surface area (Å²) < 4.78 is 1.81. The Morgan fingerprint density at radius 3 is 2.60 bits per heavy atom. The van der Waals surface area contributed by atoms with Crippen molar-refractivity contribution < 1.29 is 0 Å². The first-order valence-corrected chi connectivity index (χ1v) is 8.95. The summed E-state index contributed by atoms with van der Waals surface area (Å²) in [4.78, 5) is 13.8. The first-order chi connectivity index (χ1) is 12.3. The number of hydrogen-bond donors (Lipinski definition) is 0. The van der Waals surface area contributed by atoms with Crippen LogP contribution in [0, 0.1) is 0 Å². The summed E-state index contributed by atoms with van der Waals surface area (Å²) in [7, 11) is 1.92. The van der Waals surface area contributed by atoms with Gasteiger partial charge in [-0.3, -0.25) is 9.58 Å². The van der Waals surface area contributed by atoms with Crippen molar-refractivity contribution in [2.75, 3.05) is 37.6 Å². The minimum absolute atomic E-state index is 0.898. The van der Waals surface area contributed by atoms with Crippen LogP contribution in [0.3, 0.4) is 0 Å². The van der Waals surface area contributed by atoms with Crippen LogP contribution >= 0.6 is 0 Å². The van der Waals surface area contributed by atoms with Crippen LogP contribution in [0.15, 0.2) is 42.9 Å². The summed E-state index contributed by atoms with van der Waals surface area (Å²) in [5.41, 5.74) is 2.33. The van der Waals surface area contributed by atoms with E-state index in [9.17, 15) is 0 Å². The number of anilines is 1. The van der Waals surface area contributed by atoms with E-state index < -0.39 is 0 Å². The van der Waals surface area contributed by atoms with Crippen molar-refractivity contribution in [3.05, 3.63) is 48.4 Å². The quantitative estimate of drug-likeness (QED) is 0.714. The van der Waals surface area contributed by atoms with E-state index in [4.69, 9.17) is 0 Å². The minimum Gasteiger partial charge on any atom is -0.353 e. The molecule has 6 nitrogen and oxygen atoms in total. The largest absolute Gasteiger partial charge is 0.353 e. The van der Waals surface area contributed by atoms with Crippen molar-refractivity contribution >= 4 is 16.9 Å². The van der Waals surface area contributed by atoms with Gasteiger partial charge in [0.1, 0.15) is 12.1 Å². The van der Waals surface area contributed by atoms with E-state index in [0.29, 0.717) is 0 Å². The molecule has 0 saturated carbocycles. The number of benzene rings is 1. The van der Waals surface area contributed by atoms with Gasteiger partial charge in [-0.2, -0.15) is 5.10 Å². The van der Waals surface area contributed by atoms with Crippen LogP contribution in [0.5, 0.6) is 0 Å². The zero-order valence-corrected chi connectivity index (χ0v) is 14.7. The highest BCUT2D eigenvalue weighted by Gasteiger charge is 2.20. The van der Waals surface area contributed by atoms with Gasteiger partial charge in [-0.15, -0.1) is 0 Å². The lowest BCUT2D eigenvalue weighted by Crippen LogP contribution is -2.47. The number of nitrogens with zero attached hydrogens (tertiary/aromatic N) is 6. The molecule has 1 aliphatic rings. The molecule has 4 rings (SSSR count). The van der Waals surface area contributed by atoms with E-state index in [1.165, 1.54) is 12.0 Å². The Bertz CT molecular complexity index is 820. The van der Waals surface area contributed by atoms with Crippen molar-refractivity contribution in [3.8, 4) is 0 Å². The maximum atomic E-state index is 4.51. The molecule has 1 aromatic carbocycles. The van der Waals surface area contributed by atoms with Crippen molar-refractivity contribution in [2.24, 2.45) is 7.05 Å². The minimum atomic E-state index is 0.898. The molecule has 0 N–H and O–H groups in total. The third kappa shape index (κ3) is 3.49. The van der Waals surface area contributed by atoms with Gasteiger partial charge in [0.15, 0.2) is 5.65 Å². The van der Waals surface area contributed by atoms with Crippen molar-refractivity contribution in [3.63, 3.8) is 0 Å². The Labute approximate surface area is 148 Å². The summed E-state index contributed by atoms with van der Waals surface area (Å²) in [6, 6.07) is 10.7. The van der Waals surface area contributed by atoms with Crippen LogP contribution in [0.1, 0.15) is 12.0 Å². The summed E-state index contributed by atoms with van der Waals surface area (Å²) in [6.07, 6.45) is 5.89. The van der Waals surface area contributed by atoms with Crippen molar-refractivity contribution in [2.45, 2.75) is 12.8 Å². The molecule has 0 amide bonds. The van der Waals surface area contributed by atoms with Gasteiger partial charge in [-0.05, 0) is 24.9 Å². The average Bonchev–Trinajstić information content (AvgIpc) is 3.05. The Balaban J connectivity index is 1.32. The van der Waals surface area contributed by atoms with Gasteiger partial charge in [0.25, 0.3) is 0 Å². The first-order valence-electron chi connectivity index (χ1n) is 8.95. The zero-order chi connectivity index (χ0) is 17.1. The van der Waals surface area contributed by atoms with Crippen molar-refractivity contribution in [1.82, 2.24) is 24.6 Å². The molecule has 6 heteroatoms. The number of piperazine rings is 1. The fraction of sp³-hybridized carbons (Fsp3) is 0.421. The molecule has 1 saturated heterocycles. The Hall–Kier alpha value is -2.47. The second kappa shape index (κ2) is 7.19. The maximum Gasteiger partial charge on any atom is 0.163 e. The molecule has 3 aromatic rings. The Morgan fingerprint density at radius 2 is 1.80 bits per heavy atom. The maximum absolute atomic E-state index is 4.51. The Kier molecular flexibility index (Phi) is 4.61. The summed E-state index contributed by atoms with van der Waals surface area (Å²) in [5.74, 6) is 1.02. The zero-order valence-electron chi connectivity index (χ0n) is 14.7. The van der Waals surface area contributed by atoms with Crippen LogP contribution in [0.2, 0.25) is 0 Å². The predicted molar refractivity (Wildman–Crippen MR) is 99.7 cm³/mol. The molecule has 0 unspecified atom stereocenters. The third-order valence-corrected chi connectivity index (χ3v) is 4.96. The normalized spacial score (nSPS) is 15.8. The molecular weight excluding hydrogens is 312 g/mol. The Morgan fingerprint density at radius 1 is 1.00 bits per heavy atom.